The number of benzene rings is 1. The van der Waals surface area contributed by atoms with Crippen molar-refractivity contribution in [2.75, 3.05) is 0 Å². The Hall–Kier alpha value is -1.61. The molecular weight excluding hydrogens is 263 g/mol. The Morgan fingerprint density at radius 1 is 1.32 bits per heavy atom. The summed E-state index contributed by atoms with van der Waals surface area (Å²) in [5, 5.41) is 0.0914. The van der Waals surface area contributed by atoms with E-state index in [1.807, 2.05) is 0 Å². The molecule has 2 nitrogen and oxygen atoms in total. The highest BCUT2D eigenvalue weighted by Gasteiger charge is 2.05. The minimum Gasteiger partial charge on any atom is -0.349 e. The van der Waals surface area contributed by atoms with Gasteiger partial charge in [0.15, 0.2) is 0 Å². The van der Waals surface area contributed by atoms with Crippen LogP contribution in [-0.4, -0.2) is 10.8 Å². The van der Waals surface area contributed by atoms with Crippen LogP contribution in [0, 0.1) is 19.7 Å². The van der Waals surface area contributed by atoms with Crippen LogP contribution < -0.4 is 0 Å². The molecular formula is C15H16ClFN2. The molecule has 0 spiro atoms. The second-order valence-corrected chi connectivity index (χ2v) is 4.83. The van der Waals surface area contributed by atoms with Crippen LogP contribution in [0.3, 0.4) is 0 Å². The Labute approximate surface area is 117 Å². The van der Waals surface area contributed by atoms with E-state index in [-0.39, 0.29) is 5.02 Å². The van der Waals surface area contributed by atoms with Crippen molar-refractivity contribution in [1.82, 2.24) is 4.57 Å². The monoisotopic (exact) mass is 278 g/mol. The molecule has 0 amide bonds. The molecule has 0 unspecified atom stereocenters. The first kappa shape index (κ1) is 13.8. The fraction of sp³-hybridized carbons (Fsp3) is 0.267. The van der Waals surface area contributed by atoms with Crippen molar-refractivity contribution in [2.45, 2.75) is 27.3 Å². The fourth-order valence-corrected chi connectivity index (χ4v) is 2.33. The molecule has 0 aliphatic rings. The Morgan fingerprint density at radius 3 is 2.63 bits per heavy atom. The predicted octanol–water partition coefficient (Wildman–Crippen LogP) is 4.67. The van der Waals surface area contributed by atoms with Gasteiger partial charge in [-0.3, -0.25) is 4.99 Å². The molecule has 1 aromatic carbocycles. The lowest BCUT2D eigenvalue weighted by Gasteiger charge is -2.04. The number of aliphatic imine (C=N–C) groups is 1. The van der Waals surface area contributed by atoms with Gasteiger partial charge < -0.3 is 4.57 Å². The van der Waals surface area contributed by atoms with Crippen molar-refractivity contribution in [1.29, 1.82) is 0 Å². The van der Waals surface area contributed by atoms with Crippen LogP contribution in [-0.2, 0) is 6.54 Å². The number of halogens is 2. The van der Waals surface area contributed by atoms with E-state index in [0.29, 0.717) is 5.69 Å². The Balaban J connectivity index is 2.30. The summed E-state index contributed by atoms with van der Waals surface area (Å²) in [5.74, 6) is -0.426. The summed E-state index contributed by atoms with van der Waals surface area (Å²) < 4.78 is 15.3. The second-order valence-electron chi connectivity index (χ2n) is 4.43. The molecule has 100 valence electrons. The second kappa shape index (κ2) is 5.57. The number of nitrogens with zero attached hydrogens (tertiary/aromatic N) is 2. The van der Waals surface area contributed by atoms with E-state index in [2.05, 4.69) is 36.4 Å². The van der Waals surface area contributed by atoms with E-state index >= 15 is 0 Å². The summed E-state index contributed by atoms with van der Waals surface area (Å²) in [6, 6.07) is 6.54. The molecule has 0 fully saturated rings. The Morgan fingerprint density at radius 2 is 2.05 bits per heavy atom. The smallest absolute Gasteiger partial charge is 0.141 e. The first-order valence-corrected chi connectivity index (χ1v) is 6.56. The van der Waals surface area contributed by atoms with E-state index in [4.69, 9.17) is 11.6 Å². The van der Waals surface area contributed by atoms with Gasteiger partial charge in [-0.05, 0) is 45.0 Å². The van der Waals surface area contributed by atoms with Gasteiger partial charge in [0.05, 0.1) is 10.7 Å². The van der Waals surface area contributed by atoms with E-state index < -0.39 is 5.82 Å². The SMILES string of the molecule is CCn1c(C)cc(C=Nc2ccc(F)c(Cl)c2)c1C. The number of hydrogen-bond donors (Lipinski definition) is 0. The van der Waals surface area contributed by atoms with Crippen LogP contribution in [0.2, 0.25) is 5.02 Å². The number of aryl methyl sites for hydroxylation is 1. The largest absolute Gasteiger partial charge is 0.349 e. The average Bonchev–Trinajstić information content (AvgIpc) is 2.65. The zero-order chi connectivity index (χ0) is 14.0. The quantitative estimate of drug-likeness (QED) is 0.726. The zero-order valence-corrected chi connectivity index (χ0v) is 12.0. The van der Waals surface area contributed by atoms with Gasteiger partial charge in [0.1, 0.15) is 5.82 Å². The van der Waals surface area contributed by atoms with Crippen molar-refractivity contribution in [3.05, 3.63) is 52.1 Å². The van der Waals surface area contributed by atoms with Gasteiger partial charge in [0.2, 0.25) is 0 Å². The van der Waals surface area contributed by atoms with Crippen LogP contribution in [0.5, 0.6) is 0 Å². The third kappa shape index (κ3) is 2.87. The standard InChI is InChI=1S/C15H16ClFN2/c1-4-19-10(2)7-12(11(19)3)9-18-13-5-6-15(17)14(16)8-13/h5-9H,4H2,1-3H3. The molecule has 1 heterocycles. The van der Waals surface area contributed by atoms with Crippen LogP contribution >= 0.6 is 11.6 Å². The maximum Gasteiger partial charge on any atom is 0.141 e. The topological polar surface area (TPSA) is 17.3 Å². The Kier molecular flexibility index (Phi) is 4.05. The molecule has 19 heavy (non-hydrogen) atoms. The van der Waals surface area contributed by atoms with Gasteiger partial charge in [0.25, 0.3) is 0 Å². The maximum atomic E-state index is 13.0. The van der Waals surface area contributed by atoms with E-state index in [1.165, 1.54) is 23.5 Å². The van der Waals surface area contributed by atoms with Crippen LogP contribution in [0.4, 0.5) is 10.1 Å². The first-order chi connectivity index (χ1) is 9.02. The predicted molar refractivity (Wildman–Crippen MR) is 78.2 cm³/mol. The van der Waals surface area contributed by atoms with Crippen molar-refractivity contribution in [3.8, 4) is 0 Å². The molecule has 4 heteroatoms. The number of aromatic nitrogens is 1. The minimum atomic E-state index is -0.426. The lowest BCUT2D eigenvalue weighted by Crippen LogP contribution is -1.99. The molecule has 0 aliphatic heterocycles. The lowest BCUT2D eigenvalue weighted by molar-refractivity contribution is 0.628. The molecule has 0 radical (unpaired) electrons. The van der Waals surface area contributed by atoms with E-state index in [0.717, 1.165) is 12.1 Å². The highest BCUT2D eigenvalue weighted by Crippen LogP contribution is 2.22. The summed E-state index contributed by atoms with van der Waals surface area (Å²) in [4.78, 5) is 4.34. The van der Waals surface area contributed by atoms with Gasteiger partial charge >= 0.3 is 0 Å². The van der Waals surface area contributed by atoms with E-state index in [9.17, 15) is 4.39 Å². The minimum absolute atomic E-state index is 0.0914. The van der Waals surface area contributed by atoms with Crippen molar-refractivity contribution in [2.24, 2.45) is 4.99 Å². The van der Waals surface area contributed by atoms with Crippen LogP contribution in [0.25, 0.3) is 0 Å². The molecule has 1 aromatic heterocycles. The van der Waals surface area contributed by atoms with Crippen molar-refractivity contribution < 1.29 is 4.39 Å². The summed E-state index contributed by atoms with van der Waals surface area (Å²) in [5.41, 5.74) is 4.10. The summed E-state index contributed by atoms with van der Waals surface area (Å²) >= 11 is 5.73. The number of rotatable bonds is 3. The molecule has 0 saturated heterocycles. The van der Waals surface area contributed by atoms with Gasteiger partial charge in [0, 0.05) is 29.7 Å². The molecule has 0 bridgehead atoms. The Bertz CT molecular complexity index is 629. The normalized spacial score (nSPS) is 11.4. The first-order valence-electron chi connectivity index (χ1n) is 6.18. The van der Waals surface area contributed by atoms with Gasteiger partial charge in [-0.2, -0.15) is 0 Å². The molecule has 2 aromatic rings. The van der Waals surface area contributed by atoms with Crippen LogP contribution in [0.15, 0.2) is 29.3 Å². The summed E-state index contributed by atoms with van der Waals surface area (Å²) in [6.45, 7) is 7.19. The fourth-order valence-electron chi connectivity index (χ4n) is 2.15. The third-order valence-electron chi connectivity index (χ3n) is 3.18. The van der Waals surface area contributed by atoms with E-state index in [1.54, 1.807) is 12.3 Å². The summed E-state index contributed by atoms with van der Waals surface area (Å²) in [6.07, 6.45) is 1.79. The molecule has 0 atom stereocenters. The highest BCUT2D eigenvalue weighted by molar-refractivity contribution is 6.31. The zero-order valence-electron chi connectivity index (χ0n) is 11.2. The maximum absolute atomic E-state index is 13.0. The van der Waals surface area contributed by atoms with Gasteiger partial charge in [-0.1, -0.05) is 11.6 Å². The molecule has 0 aliphatic carbocycles. The third-order valence-corrected chi connectivity index (χ3v) is 3.47. The molecule has 0 N–H and O–H groups in total. The molecule has 0 saturated carbocycles. The number of hydrogen-bond acceptors (Lipinski definition) is 1. The van der Waals surface area contributed by atoms with Crippen LogP contribution in [0.1, 0.15) is 23.9 Å². The summed E-state index contributed by atoms with van der Waals surface area (Å²) in [7, 11) is 0. The van der Waals surface area contributed by atoms with Gasteiger partial charge in [-0.15, -0.1) is 0 Å². The highest BCUT2D eigenvalue weighted by atomic mass is 35.5. The lowest BCUT2D eigenvalue weighted by atomic mass is 10.2. The molecule has 2 rings (SSSR count). The van der Waals surface area contributed by atoms with Crippen molar-refractivity contribution >= 4 is 23.5 Å². The van der Waals surface area contributed by atoms with Gasteiger partial charge in [-0.25, -0.2) is 4.39 Å². The average molecular weight is 279 g/mol. The van der Waals surface area contributed by atoms with Crippen molar-refractivity contribution in [3.63, 3.8) is 0 Å².